The molecule has 0 bridgehead atoms. The average molecular weight is 179 g/mol. The zero-order valence-electron chi connectivity index (χ0n) is 6.86. The molecular weight excluding hydrogens is 170 g/mol. The Kier molecular flexibility index (Phi) is 3.03. The maximum absolute atomic E-state index is 10.8. The number of pyridine rings is 1. The number of rotatable bonds is 3. The van der Waals surface area contributed by atoms with Crippen molar-refractivity contribution in [1.29, 1.82) is 0 Å². The van der Waals surface area contributed by atoms with Crippen LogP contribution in [0.25, 0.3) is 0 Å². The summed E-state index contributed by atoms with van der Waals surface area (Å²) in [6.07, 6.45) is 2.95. The molecule has 0 atom stereocenters. The van der Waals surface area contributed by atoms with E-state index >= 15 is 0 Å². The molecule has 0 saturated heterocycles. The Balaban J connectivity index is 2.65. The van der Waals surface area contributed by atoms with E-state index in [1.165, 1.54) is 12.1 Å². The van der Waals surface area contributed by atoms with E-state index in [-0.39, 0.29) is 5.56 Å². The predicted octanol–water partition coefficient (Wildman–Crippen LogP) is 0.558. The first-order valence-corrected chi connectivity index (χ1v) is 3.76. The number of allylic oxidation sites excluding steroid dienone is 1. The molecule has 0 radical (unpaired) electrons. The molecule has 0 aliphatic rings. The van der Waals surface area contributed by atoms with E-state index in [0.717, 1.165) is 6.08 Å². The fraction of sp³-hybridized carbons (Fsp3) is 0.111. The van der Waals surface area contributed by atoms with Crippen LogP contribution in [0.4, 0.5) is 0 Å². The van der Waals surface area contributed by atoms with Crippen LogP contribution in [0.5, 0.6) is 0 Å². The molecule has 0 amide bonds. The van der Waals surface area contributed by atoms with Crippen molar-refractivity contribution in [1.82, 2.24) is 4.98 Å². The Bertz CT molecular complexity index is 378. The topological polar surface area (TPSA) is 70.2 Å². The number of carboxylic acids is 1. The lowest BCUT2D eigenvalue weighted by Crippen LogP contribution is -2.05. The van der Waals surface area contributed by atoms with Crippen LogP contribution in [-0.4, -0.2) is 16.1 Å². The third-order valence-electron chi connectivity index (χ3n) is 1.43. The van der Waals surface area contributed by atoms with Crippen LogP contribution in [0.2, 0.25) is 0 Å². The molecular formula is C9H9NO3. The van der Waals surface area contributed by atoms with E-state index < -0.39 is 5.97 Å². The van der Waals surface area contributed by atoms with E-state index in [2.05, 4.69) is 4.98 Å². The summed E-state index contributed by atoms with van der Waals surface area (Å²) in [4.78, 5) is 23.5. The van der Waals surface area contributed by atoms with Crippen molar-refractivity contribution in [3.63, 3.8) is 0 Å². The van der Waals surface area contributed by atoms with Crippen LogP contribution in [0.15, 0.2) is 35.1 Å². The Morgan fingerprint density at radius 2 is 2.31 bits per heavy atom. The van der Waals surface area contributed by atoms with Gasteiger partial charge in [-0.25, -0.2) is 4.79 Å². The first kappa shape index (κ1) is 9.25. The maximum atomic E-state index is 10.8. The fourth-order valence-corrected chi connectivity index (χ4v) is 0.899. The molecule has 1 aromatic rings. The summed E-state index contributed by atoms with van der Waals surface area (Å²) in [5, 5.41) is 8.29. The number of hydrogen-bond acceptors (Lipinski definition) is 2. The van der Waals surface area contributed by atoms with Crippen LogP contribution in [-0.2, 0) is 11.2 Å². The number of carbonyl (C=O) groups is 1. The van der Waals surface area contributed by atoms with Gasteiger partial charge in [-0.15, -0.1) is 0 Å². The van der Waals surface area contributed by atoms with Gasteiger partial charge in [0.2, 0.25) is 5.56 Å². The lowest BCUT2D eigenvalue weighted by atomic mass is 10.2. The number of hydrogen-bond donors (Lipinski definition) is 2. The van der Waals surface area contributed by atoms with E-state index in [1.807, 2.05) is 0 Å². The summed E-state index contributed by atoms with van der Waals surface area (Å²) in [5.74, 6) is -0.988. The van der Waals surface area contributed by atoms with Crippen molar-refractivity contribution in [2.24, 2.45) is 0 Å². The van der Waals surface area contributed by atoms with Crippen LogP contribution in [0.1, 0.15) is 5.69 Å². The van der Waals surface area contributed by atoms with E-state index in [1.54, 1.807) is 12.1 Å². The summed E-state index contributed by atoms with van der Waals surface area (Å²) < 4.78 is 0. The van der Waals surface area contributed by atoms with Crippen LogP contribution in [0, 0.1) is 0 Å². The van der Waals surface area contributed by atoms with Crippen molar-refractivity contribution >= 4 is 5.97 Å². The van der Waals surface area contributed by atoms with Crippen LogP contribution in [0.3, 0.4) is 0 Å². The Morgan fingerprint density at radius 1 is 1.54 bits per heavy atom. The van der Waals surface area contributed by atoms with Crippen molar-refractivity contribution in [2.45, 2.75) is 6.42 Å². The Hall–Kier alpha value is -1.84. The molecule has 1 heterocycles. The number of aromatic nitrogens is 1. The van der Waals surface area contributed by atoms with Gasteiger partial charge in [-0.3, -0.25) is 4.79 Å². The second kappa shape index (κ2) is 4.25. The van der Waals surface area contributed by atoms with Gasteiger partial charge in [0.15, 0.2) is 0 Å². The molecule has 0 aromatic carbocycles. The first-order chi connectivity index (χ1) is 6.18. The van der Waals surface area contributed by atoms with E-state index in [4.69, 9.17) is 5.11 Å². The fourth-order valence-electron chi connectivity index (χ4n) is 0.899. The molecule has 4 nitrogen and oxygen atoms in total. The third kappa shape index (κ3) is 3.37. The summed E-state index contributed by atoms with van der Waals surface area (Å²) in [6, 6.07) is 4.76. The Labute approximate surface area is 74.5 Å². The summed E-state index contributed by atoms with van der Waals surface area (Å²) in [7, 11) is 0. The van der Waals surface area contributed by atoms with Gasteiger partial charge in [0, 0.05) is 24.3 Å². The molecule has 0 saturated carbocycles. The average Bonchev–Trinajstić information content (AvgIpc) is 2.03. The molecule has 0 aliphatic carbocycles. The van der Waals surface area contributed by atoms with Gasteiger partial charge in [-0.05, 0) is 6.07 Å². The molecule has 13 heavy (non-hydrogen) atoms. The van der Waals surface area contributed by atoms with Crippen molar-refractivity contribution in [3.05, 3.63) is 46.4 Å². The van der Waals surface area contributed by atoms with Crippen LogP contribution >= 0.6 is 0 Å². The minimum Gasteiger partial charge on any atom is -0.478 e. The molecule has 0 fully saturated rings. The van der Waals surface area contributed by atoms with Gasteiger partial charge in [0.1, 0.15) is 0 Å². The second-order valence-corrected chi connectivity index (χ2v) is 2.49. The monoisotopic (exact) mass is 179 g/mol. The SMILES string of the molecule is O=C(O)C=CCc1cccc(=O)[nH]1. The van der Waals surface area contributed by atoms with Gasteiger partial charge < -0.3 is 10.1 Å². The maximum Gasteiger partial charge on any atom is 0.327 e. The van der Waals surface area contributed by atoms with Crippen molar-refractivity contribution in [3.8, 4) is 0 Å². The predicted molar refractivity (Wildman–Crippen MR) is 47.5 cm³/mol. The molecule has 0 spiro atoms. The Morgan fingerprint density at radius 3 is 2.92 bits per heavy atom. The number of aliphatic carboxylic acids is 1. The molecule has 68 valence electrons. The highest BCUT2D eigenvalue weighted by molar-refractivity contribution is 5.79. The molecule has 4 heteroatoms. The third-order valence-corrected chi connectivity index (χ3v) is 1.43. The van der Waals surface area contributed by atoms with E-state index in [0.29, 0.717) is 12.1 Å². The van der Waals surface area contributed by atoms with Gasteiger partial charge in [-0.1, -0.05) is 12.1 Å². The highest BCUT2D eigenvalue weighted by atomic mass is 16.4. The summed E-state index contributed by atoms with van der Waals surface area (Å²) in [6.45, 7) is 0. The lowest BCUT2D eigenvalue weighted by molar-refractivity contribution is -0.131. The van der Waals surface area contributed by atoms with Crippen molar-refractivity contribution < 1.29 is 9.90 Å². The molecule has 0 aliphatic heterocycles. The molecule has 1 aromatic heterocycles. The summed E-state index contributed by atoms with van der Waals surface area (Å²) in [5.41, 5.74) is 0.520. The minimum absolute atomic E-state index is 0.179. The van der Waals surface area contributed by atoms with Crippen molar-refractivity contribution in [2.75, 3.05) is 0 Å². The zero-order valence-corrected chi connectivity index (χ0v) is 6.86. The van der Waals surface area contributed by atoms with Gasteiger partial charge in [0.25, 0.3) is 0 Å². The number of H-pyrrole nitrogens is 1. The van der Waals surface area contributed by atoms with Gasteiger partial charge in [-0.2, -0.15) is 0 Å². The van der Waals surface area contributed by atoms with E-state index in [9.17, 15) is 9.59 Å². The molecule has 2 N–H and O–H groups in total. The zero-order chi connectivity index (χ0) is 9.68. The molecule has 1 rings (SSSR count). The molecule has 0 unspecified atom stereocenters. The van der Waals surface area contributed by atoms with Gasteiger partial charge >= 0.3 is 5.97 Å². The number of carboxylic acid groups (broad SMARTS) is 1. The largest absolute Gasteiger partial charge is 0.478 e. The standard InChI is InChI=1S/C9H9NO3/c11-8-5-1-3-7(10-8)4-2-6-9(12)13/h1-3,5-6H,4H2,(H,10,11)(H,12,13). The quantitative estimate of drug-likeness (QED) is 0.666. The smallest absolute Gasteiger partial charge is 0.327 e. The second-order valence-electron chi connectivity index (χ2n) is 2.49. The highest BCUT2D eigenvalue weighted by Crippen LogP contribution is 1.92. The summed E-state index contributed by atoms with van der Waals surface area (Å²) >= 11 is 0. The normalized spacial score (nSPS) is 10.5. The lowest BCUT2D eigenvalue weighted by Gasteiger charge is -1.93. The number of nitrogens with one attached hydrogen (secondary N) is 1. The highest BCUT2D eigenvalue weighted by Gasteiger charge is 1.90. The minimum atomic E-state index is -0.988. The first-order valence-electron chi connectivity index (χ1n) is 3.76. The van der Waals surface area contributed by atoms with Crippen LogP contribution < -0.4 is 5.56 Å². The number of aromatic amines is 1. The van der Waals surface area contributed by atoms with Gasteiger partial charge in [0.05, 0.1) is 0 Å².